The van der Waals surface area contributed by atoms with Crippen molar-refractivity contribution in [3.63, 3.8) is 0 Å². The molecule has 102 valence electrons. The van der Waals surface area contributed by atoms with E-state index in [1.165, 1.54) is 12.7 Å². The fraction of sp³-hybridized carbons (Fsp3) is 0.583. The highest BCUT2D eigenvalue weighted by Gasteiger charge is 2.13. The summed E-state index contributed by atoms with van der Waals surface area (Å²) in [6.07, 6.45) is 4.41. The molecule has 0 amide bonds. The van der Waals surface area contributed by atoms with Crippen LogP contribution in [-0.4, -0.2) is 35.6 Å². The fourth-order valence-electron chi connectivity index (χ4n) is 1.97. The molecule has 1 aliphatic heterocycles. The molecule has 5 nitrogen and oxygen atoms in total. The van der Waals surface area contributed by atoms with Gasteiger partial charge >= 0.3 is 0 Å². The Morgan fingerprint density at radius 1 is 1.44 bits per heavy atom. The molecule has 18 heavy (non-hydrogen) atoms. The molecule has 1 aliphatic rings. The summed E-state index contributed by atoms with van der Waals surface area (Å²) < 4.78 is 5.10. The minimum atomic E-state index is -0.714. The molecule has 0 spiro atoms. The zero-order valence-corrected chi connectivity index (χ0v) is 12.6. The Morgan fingerprint density at radius 3 is 2.78 bits per heavy atom. The number of aliphatic hydroxyl groups excluding tert-OH is 1. The van der Waals surface area contributed by atoms with E-state index in [1.807, 2.05) is 0 Å². The standard InChI is InChI=1S/C12H19N3O2.HI/c13-12(15-6-2-1-3-7-15)14-9-10(16)11-5-4-8-17-11;/h4-5,8,10,16H,1-3,6-7,9H2,(H2,13,14);1H. The molecule has 2 rings (SSSR count). The molecule has 1 saturated heterocycles. The minimum Gasteiger partial charge on any atom is -0.467 e. The lowest BCUT2D eigenvalue weighted by Crippen LogP contribution is -2.41. The lowest BCUT2D eigenvalue weighted by atomic mass is 10.1. The van der Waals surface area contributed by atoms with Crippen LogP contribution in [0.3, 0.4) is 0 Å². The van der Waals surface area contributed by atoms with Crippen molar-refractivity contribution in [3.8, 4) is 0 Å². The maximum Gasteiger partial charge on any atom is 0.191 e. The van der Waals surface area contributed by atoms with Gasteiger partial charge in [-0.15, -0.1) is 24.0 Å². The first kappa shape index (κ1) is 15.3. The van der Waals surface area contributed by atoms with Gasteiger partial charge < -0.3 is 20.2 Å². The number of piperidine rings is 1. The van der Waals surface area contributed by atoms with E-state index in [1.54, 1.807) is 12.1 Å². The number of furan rings is 1. The van der Waals surface area contributed by atoms with Crippen molar-refractivity contribution < 1.29 is 9.52 Å². The first-order chi connectivity index (χ1) is 8.27. The molecule has 0 bridgehead atoms. The van der Waals surface area contributed by atoms with E-state index in [4.69, 9.17) is 10.2 Å². The van der Waals surface area contributed by atoms with E-state index in [9.17, 15) is 5.11 Å². The second-order valence-corrected chi connectivity index (χ2v) is 4.28. The maximum absolute atomic E-state index is 9.78. The number of hydrogen-bond acceptors (Lipinski definition) is 3. The van der Waals surface area contributed by atoms with Gasteiger partial charge in [0.05, 0.1) is 12.8 Å². The Bertz CT molecular complexity index is 361. The van der Waals surface area contributed by atoms with E-state index in [0.29, 0.717) is 11.7 Å². The molecule has 6 heteroatoms. The van der Waals surface area contributed by atoms with Crippen LogP contribution in [-0.2, 0) is 0 Å². The number of nitrogens with zero attached hydrogens (tertiary/aromatic N) is 2. The monoisotopic (exact) mass is 365 g/mol. The lowest BCUT2D eigenvalue weighted by molar-refractivity contribution is 0.158. The van der Waals surface area contributed by atoms with Gasteiger partial charge in [-0.25, -0.2) is 0 Å². The van der Waals surface area contributed by atoms with Gasteiger partial charge in [0, 0.05) is 13.1 Å². The summed E-state index contributed by atoms with van der Waals surface area (Å²) in [7, 11) is 0. The average molecular weight is 365 g/mol. The van der Waals surface area contributed by atoms with E-state index in [0.717, 1.165) is 25.9 Å². The van der Waals surface area contributed by atoms with Crippen molar-refractivity contribution in [1.82, 2.24) is 4.90 Å². The molecule has 1 aromatic rings. The summed E-state index contributed by atoms with van der Waals surface area (Å²) in [5.74, 6) is 1.05. The SMILES string of the molecule is I.NC(=NCC(O)c1ccco1)N1CCCCC1. The number of nitrogens with two attached hydrogens (primary N) is 1. The van der Waals surface area contributed by atoms with Crippen LogP contribution in [0.15, 0.2) is 27.8 Å². The third-order valence-corrected chi connectivity index (χ3v) is 2.98. The summed E-state index contributed by atoms with van der Waals surface area (Å²) in [4.78, 5) is 6.28. The van der Waals surface area contributed by atoms with Gasteiger partial charge in [-0.2, -0.15) is 0 Å². The van der Waals surface area contributed by atoms with Crippen molar-refractivity contribution >= 4 is 29.9 Å². The van der Waals surface area contributed by atoms with Crippen LogP contribution >= 0.6 is 24.0 Å². The first-order valence-electron chi connectivity index (χ1n) is 6.03. The quantitative estimate of drug-likeness (QED) is 0.486. The zero-order valence-electron chi connectivity index (χ0n) is 10.3. The molecule has 0 saturated carbocycles. The average Bonchev–Trinajstić information content (AvgIpc) is 2.90. The van der Waals surface area contributed by atoms with Gasteiger partial charge in [0.1, 0.15) is 11.9 Å². The first-order valence-corrected chi connectivity index (χ1v) is 6.03. The molecule has 0 radical (unpaired) electrons. The van der Waals surface area contributed by atoms with Crippen molar-refractivity contribution in [1.29, 1.82) is 0 Å². The van der Waals surface area contributed by atoms with Crippen molar-refractivity contribution in [3.05, 3.63) is 24.2 Å². The Hall–Kier alpha value is -0.760. The maximum atomic E-state index is 9.78. The predicted molar refractivity (Wildman–Crippen MR) is 81.0 cm³/mol. The molecule has 1 atom stereocenters. The Balaban J connectivity index is 0.00000162. The molecule has 2 heterocycles. The number of guanidine groups is 1. The third kappa shape index (κ3) is 4.16. The number of aliphatic imine (C=N–C) groups is 1. The van der Waals surface area contributed by atoms with E-state index in [2.05, 4.69) is 9.89 Å². The number of halogens is 1. The molecule has 1 unspecified atom stereocenters. The molecule has 3 N–H and O–H groups in total. The molecular weight excluding hydrogens is 345 g/mol. The zero-order chi connectivity index (χ0) is 12.1. The molecule has 1 aromatic heterocycles. The van der Waals surface area contributed by atoms with E-state index >= 15 is 0 Å². The summed E-state index contributed by atoms with van der Waals surface area (Å²) in [6.45, 7) is 2.17. The van der Waals surface area contributed by atoms with Crippen molar-refractivity contribution in [2.24, 2.45) is 10.7 Å². The van der Waals surface area contributed by atoms with Gasteiger partial charge in [-0.1, -0.05) is 0 Å². The number of likely N-dealkylation sites (tertiary alicyclic amines) is 1. The summed E-state index contributed by atoms with van der Waals surface area (Å²) in [5.41, 5.74) is 5.88. The molecule has 0 aliphatic carbocycles. The summed E-state index contributed by atoms with van der Waals surface area (Å²) in [6, 6.07) is 3.48. The Kier molecular flexibility index (Phi) is 6.48. The number of rotatable bonds is 3. The molecule has 1 fully saturated rings. The van der Waals surface area contributed by atoms with Crippen LogP contribution in [0.5, 0.6) is 0 Å². The van der Waals surface area contributed by atoms with E-state index in [-0.39, 0.29) is 30.5 Å². The number of hydrogen-bond donors (Lipinski definition) is 2. The van der Waals surface area contributed by atoms with Gasteiger partial charge in [-0.3, -0.25) is 4.99 Å². The van der Waals surface area contributed by atoms with Crippen molar-refractivity contribution in [2.75, 3.05) is 19.6 Å². The molecule has 0 aromatic carbocycles. The van der Waals surface area contributed by atoms with Gasteiger partial charge in [0.15, 0.2) is 5.96 Å². The van der Waals surface area contributed by atoms with Gasteiger partial charge in [0.2, 0.25) is 0 Å². The van der Waals surface area contributed by atoms with Gasteiger partial charge in [0.25, 0.3) is 0 Å². The van der Waals surface area contributed by atoms with Crippen LogP contribution in [0.1, 0.15) is 31.1 Å². The number of aliphatic hydroxyl groups is 1. The van der Waals surface area contributed by atoms with Crippen LogP contribution in [0, 0.1) is 0 Å². The van der Waals surface area contributed by atoms with Crippen LogP contribution < -0.4 is 5.73 Å². The van der Waals surface area contributed by atoms with E-state index < -0.39 is 6.10 Å². The predicted octanol–water partition coefficient (Wildman–Crippen LogP) is 1.73. The van der Waals surface area contributed by atoms with Crippen molar-refractivity contribution in [2.45, 2.75) is 25.4 Å². The van der Waals surface area contributed by atoms with Crippen LogP contribution in [0.2, 0.25) is 0 Å². The second kappa shape index (κ2) is 7.63. The van der Waals surface area contributed by atoms with Crippen LogP contribution in [0.25, 0.3) is 0 Å². The molecular formula is C12H20IN3O2. The topological polar surface area (TPSA) is 75.0 Å². The Morgan fingerprint density at radius 2 is 2.17 bits per heavy atom. The largest absolute Gasteiger partial charge is 0.467 e. The highest BCUT2D eigenvalue weighted by molar-refractivity contribution is 14.0. The smallest absolute Gasteiger partial charge is 0.191 e. The Labute approximate surface area is 124 Å². The fourth-order valence-corrected chi connectivity index (χ4v) is 1.97. The normalized spacial score (nSPS) is 18.3. The highest BCUT2D eigenvalue weighted by Crippen LogP contribution is 2.13. The minimum absolute atomic E-state index is 0. The highest BCUT2D eigenvalue weighted by atomic mass is 127. The van der Waals surface area contributed by atoms with Crippen LogP contribution in [0.4, 0.5) is 0 Å². The lowest BCUT2D eigenvalue weighted by Gasteiger charge is -2.27. The van der Waals surface area contributed by atoms with Gasteiger partial charge in [-0.05, 0) is 31.4 Å². The second-order valence-electron chi connectivity index (χ2n) is 4.28. The summed E-state index contributed by atoms with van der Waals surface area (Å²) >= 11 is 0. The third-order valence-electron chi connectivity index (χ3n) is 2.98. The summed E-state index contributed by atoms with van der Waals surface area (Å²) in [5, 5.41) is 9.78.